The number of carbonyl (C=O) groups excluding carboxylic acids is 1. The molecule has 0 unspecified atom stereocenters. The molecule has 1 aromatic carbocycles. The molecule has 0 N–H and O–H groups in total. The zero-order chi connectivity index (χ0) is 13.5. The van der Waals surface area contributed by atoms with E-state index in [-0.39, 0.29) is 5.97 Å². The minimum Gasteiger partial charge on any atom is -0.462 e. The van der Waals surface area contributed by atoms with Gasteiger partial charge in [0.25, 0.3) is 0 Å². The molecule has 19 heavy (non-hydrogen) atoms. The number of carbonyl (C=O) groups is 1. The molecule has 2 nitrogen and oxygen atoms in total. The molecule has 1 aromatic rings. The molecule has 2 rings (SSSR count). The molecule has 100 valence electrons. The van der Waals surface area contributed by atoms with Crippen LogP contribution in [0.5, 0.6) is 0 Å². The van der Waals surface area contributed by atoms with Crippen LogP contribution in [0.4, 0.5) is 0 Å². The Bertz CT molecular complexity index is 487. The Morgan fingerprint density at radius 2 is 2.16 bits per heavy atom. The second-order valence-electron chi connectivity index (χ2n) is 4.96. The second-order valence-corrected chi connectivity index (χ2v) is 4.96. The van der Waals surface area contributed by atoms with Gasteiger partial charge in [-0.1, -0.05) is 30.7 Å². The predicted octanol–water partition coefficient (Wildman–Crippen LogP) is 3.80. The van der Waals surface area contributed by atoms with E-state index >= 15 is 0 Å². The van der Waals surface area contributed by atoms with Gasteiger partial charge in [-0.25, -0.2) is 4.79 Å². The van der Waals surface area contributed by atoms with E-state index in [4.69, 9.17) is 4.74 Å². The van der Waals surface area contributed by atoms with Crippen LogP contribution in [0.1, 0.15) is 54.9 Å². The van der Waals surface area contributed by atoms with Gasteiger partial charge < -0.3 is 4.74 Å². The van der Waals surface area contributed by atoms with Crippen molar-refractivity contribution in [3.63, 3.8) is 0 Å². The highest BCUT2D eigenvalue weighted by Gasteiger charge is 2.13. The maximum absolute atomic E-state index is 11.6. The maximum Gasteiger partial charge on any atom is 0.338 e. The van der Waals surface area contributed by atoms with Gasteiger partial charge in [-0.15, -0.1) is 0 Å². The Morgan fingerprint density at radius 1 is 1.37 bits per heavy atom. The summed E-state index contributed by atoms with van der Waals surface area (Å²) in [5, 5.41) is 0. The van der Waals surface area contributed by atoms with Gasteiger partial charge in [-0.2, -0.15) is 0 Å². The van der Waals surface area contributed by atoms with Crippen molar-refractivity contribution in [1.29, 1.82) is 0 Å². The lowest BCUT2D eigenvalue weighted by Crippen LogP contribution is -2.04. The summed E-state index contributed by atoms with van der Waals surface area (Å²) >= 11 is 0. The summed E-state index contributed by atoms with van der Waals surface area (Å²) in [6.07, 6.45) is 6.31. The summed E-state index contributed by atoms with van der Waals surface area (Å²) in [5.74, 6) is 6.89. The SMILES string of the molecule is CCOC(=O)c1cccc(C#CCC2CCCC2)c1. The fourth-order valence-corrected chi connectivity index (χ4v) is 2.45. The van der Waals surface area contributed by atoms with Crippen LogP contribution < -0.4 is 0 Å². The van der Waals surface area contributed by atoms with Crippen LogP contribution in [-0.2, 0) is 4.74 Å². The number of rotatable bonds is 3. The average Bonchev–Trinajstić information content (AvgIpc) is 2.93. The van der Waals surface area contributed by atoms with Gasteiger partial charge in [0.1, 0.15) is 0 Å². The Hall–Kier alpha value is -1.75. The van der Waals surface area contributed by atoms with Crippen LogP contribution in [-0.4, -0.2) is 12.6 Å². The highest BCUT2D eigenvalue weighted by Crippen LogP contribution is 2.26. The summed E-state index contributed by atoms with van der Waals surface area (Å²) in [4.78, 5) is 11.6. The smallest absolute Gasteiger partial charge is 0.338 e. The van der Waals surface area contributed by atoms with Crippen molar-refractivity contribution >= 4 is 5.97 Å². The van der Waals surface area contributed by atoms with Gasteiger partial charge in [-0.3, -0.25) is 0 Å². The van der Waals surface area contributed by atoms with Crippen molar-refractivity contribution in [2.24, 2.45) is 5.92 Å². The van der Waals surface area contributed by atoms with Crippen molar-refractivity contribution in [3.05, 3.63) is 35.4 Å². The second kappa shape index (κ2) is 6.99. The third kappa shape index (κ3) is 4.13. The zero-order valence-corrected chi connectivity index (χ0v) is 11.4. The molecule has 1 aliphatic carbocycles. The molecule has 0 amide bonds. The third-order valence-electron chi connectivity index (χ3n) is 3.47. The van der Waals surface area contributed by atoms with Crippen LogP contribution >= 0.6 is 0 Å². The van der Waals surface area contributed by atoms with Crippen LogP contribution in [0.3, 0.4) is 0 Å². The monoisotopic (exact) mass is 256 g/mol. The maximum atomic E-state index is 11.6. The third-order valence-corrected chi connectivity index (χ3v) is 3.47. The molecule has 0 aromatic heterocycles. The lowest BCUT2D eigenvalue weighted by Gasteiger charge is -2.02. The molecule has 0 radical (unpaired) electrons. The summed E-state index contributed by atoms with van der Waals surface area (Å²) in [5.41, 5.74) is 1.47. The van der Waals surface area contributed by atoms with Gasteiger partial charge >= 0.3 is 5.97 Å². The number of esters is 1. The van der Waals surface area contributed by atoms with E-state index in [2.05, 4.69) is 11.8 Å². The highest BCUT2D eigenvalue weighted by atomic mass is 16.5. The summed E-state index contributed by atoms with van der Waals surface area (Å²) in [6.45, 7) is 2.21. The van der Waals surface area contributed by atoms with Gasteiger partial charge in [0.05, 0.1) is 12.2 Å². The van der Waals surface area contributed by atoms with Gasteiger partial charge in [0, 0.05) is 12.0 Å². The van der Waals surface area contributed by atoms with Crippen molar-refractivity contribution in [1.82, 2.24) is 0 Å². The van der Waals surface area contributed by atoms with Gasteiger partial charge in [0.2, 0.25) is 0 Å². The molecule has 0 aliphatic heterocycles. The van der Waals surface area contributed by atoms with Crippen molar-refractivity contribution in [2.45, 2.75) is 39.0 Å². The molecule has 0 saturated heterocycles. The minimum atomic E-state index is -0.276. The minimum absolute atomic E-state index is 0.276. The Labute approximate surface area is 115 Å². The molecular formula is C17H20O2. The predicted molar refractivity (Wildman–Crippen MR) is 75.9 cm³/mol. The number of hydrogen-bond acceptors (Lipinski definition) is 2. The van der Waals surface area contributed by atoms with Gasteiger partial charge in [0.15, 0.2) is 0 Å². The Kier molecular flexibility index (Phi) is 5.03. The molecular weight excluding hydrogens is 236 g/mol. The lowest BCUT2D eigenvalue weighted by molar-refractivity contribution is 0.0526. The fourth-order valence-electron chi connectivity index (χ4n) is 2.45. The first kappa shape index (κ1) is 13.7. The summed E-state index contributed by atoms with van der Waals surface area (Å²) in [6, 6.07) is 7.36. The molecule has 1 saturated carbocycles. The van der Waals surface area contributed by atoms with E-state index in [9.17, 15) is 4.79 Å². The van der Waals surface area contributed by atoms with Crippen LogP contribution in [0, 0.1) is 17.8 Å². The van der Waals surface area contributed by atoms with Crippen LogP contribution in [0.2, 0.25) is 0 Å². The molecule has 0 spiro atoms. The summed E-state index contributed by atoms with van der Waals surface area (Å²) in [7, 11) is 0. The Balaban J connectivity index is 1.98. The largest absolute Gasteiger partial charge is 0.462 e. The molecule has 0 heterocycles. The Morgan fingerprint density at radius 3 is 2.89 bits per heavy atom. The number of ether oxygens (including phenoxy) is 1. The molecule has 1 aliphatic rings. The molecule has 0 atom stereocenters. The first-order valence-corrected chi connectivity index (χ1v) is 7.05. The number of benzene rings is 1. The van der Waals surface area contributed by atoms with E-state index in [0.29, 0.717) is 12.2 Å². The van der Waals surface area contributed by atoms with E-state index in [1.54, 1.807) is 12.1 Å². The lowest BCUT2D eigenvalue weighted by atomic mass is 10.0. The quantitative estimate of drug-likeness (QED) is 0.607. The average molecular weight is 256 g/mol. The van der Waals surface area contributed by atoms with E-state index in [0.717, 1.165) is 17.9 Å². The van der Waals surface area contributed by atoms with E-state index in [1.165, 1.54) is 25.7 Å². The molecule has 1 fully saturated rings. The normalized spacial score (nSPS) is 14.8. The van der Waals surface area contributed by atoms with Gasteiger partial charge in [-0.05, 0) is 43.9 Å². The standard InChI is InChI=1S/C17H20O2/c1-2-19-17(18)16-12-6-11-15(13-16)10-5-9-14-7-3-4-8-14/h6,11-14H,2-4,7-9H2,1H3. The van der Waals surface area contributed by atoms with Crippen molar-refractivity contribution in [3.8, 4) is 11.8 Å². The van der Waals surface area contributed by atoms with E-state index in [1.807, 2.05) is 19.1 Å². The molecule has 2 heteroatoms. The topological polar surface area (TPSA) is 26.3 Å². The first-order chi connectivity index (χ1) is 9.29. The summed E-state index contributed by atoms with van der Waals surface area (Å²) < 4.78 is 4.98. The van der Waals surface area contributed by atoms with Crippen LogP contribution in [0.15, 0.2) is 24.3 Å². The van der Waals surface area contributed by atoms with Crippen LogP contribution in [0.25, 0.3) is 0 Å². The van der Waals surface area contributed by atoms with E-state index < -0.39 is 0 Å². The highest BCUT2D eigenvalue weighted by molar-refractivity contribution is 5.89. The zero-order valence-electron chi connectivity index (χ0n) is 11.4. The fraction of sp³-hybridized carbons (Fsp3) is 0.471. The molecule has 0 bridgehead atoms. The van der Waals surface area contributed by atoms with Crippen molar-refractivity contribution in [2.75, 3.05) is 6.61 Å². The van der Waals surface area contributed by atoms with Crippen molar-refractivity contribution < 1.29 is 9.53 Å². The first-order valence-electron chi connectivity index (χ1n) is 7.05. The number of hydrogen-bond donors (Lipinski definition) is 0.